The summed E-state index contributed by atoms with van der Waals surface area (Å²) in [5.41, 5.74) is 8.78. The minimum Gasteiger partial charge on any atom is -0.508 e. The van der Waals surface area contributed by atoms with Gasteiger partial charge in [0.1, 0.15) is 18.3 Å². The Hall–Kier alpha value is -4.77. The summed E-state index contributed by atoms with van der Waals surface area (Å²) in [7, 11) is 2.14. The molecule has 5 rings (SSSR count). The van der Waals surface area contributed by atoms with Gasteiger partial charge in [0.2, 0.25) is 12.7 Å². The first kappa shape index (κ1) is 30.7. The number of urea groups is 1. The molecule has 3 aromatic carbocycles. The van der Waals surface area contributed by atoms with Gasteiger partial charge in [0.15, 0.2) is 11.5 Å². The van der Waals surface area contributed by atoms with Crippen molar-refractivity contribution in [2.24, 2.45) is 5.73 Å². The van der Waals surface area contributed by atoms with E-state index in [-0.39, 0.29) is 37.0 Å². The van der Waals surface area contributed by atoms with Gasteiger partial charge < -0.3 is 40.3 Å². The second kappa shape index (κ2) is 12.8. The highest BCUT2D eigenvalue weighted by molar-refractivity contribution is 5.96. The summed E-state index contributed by atoms with van der Waals surface area (Å²) in [6.07, 6.45) is 0.863. The van der Waals surface area contributed by atoms with E-state index in [2.05, 4.69) is 17.7 Å². The highest BCUT2D eigenvalue weighted by Crippen LogP contribution is 2.34. The van der Waals surface area contributed by atoms with Gasteiger partial charge in [-0.05, 0) is 74.0 Å². The van der Waals surface area contributed by atoms with Crippen molar-refractivity contribution in [3.8, 4) is 17.2 Å². The molecule has 0 bridgehead atoms. The number of carbonyl (C=O) groups excluding carboxylic acids is 3. The largest absolute Gasteiger partial charge is 0.508 e. The summed E-state index contributed by atoms with van der Waals surface area (Å²) in [6, 6.07) is 17.4. The minimum atomic E-state index is -0.933. The predicted molar refractivity (Wildman–Crippen MR) is 165 cm³/mol. The number of phenols is 1. The van der Waals surface area contributed by atoms with Gasteiger partial charge in [0, 0.05) is 35.7 Å². The van der Waals surface area contributed by atoms with Crippen LogP contribution >= 0.6 is 0 Å². The summed E-state index contributed by atoms with van der Waals surface area (Å²) in [6.45, 7) is 6.08. The molecule has 232 valence electrons. The molecule has 11 nitrogen and oxygen atoms in total. The van der Waals surface area contributed by atoms with E-state index in [0.717, 1.165) is 29.2 Å². The Morgan fingerprint density at radius 1 is 1.00 bits per heavy atom. The van der Waals surface area contributed by atoms with Crippen LogP contribution in [0.15, 0.2) is 66.7 Å². The molecule has 0 aliphatic carbocycles. The molecule has 1 saturated heterocycles. The van der Waals surface area contributed by atoms with Crippen molar-refractivity contribution >= 4 is 23.5 Å². The molecule has 44 heavy (non-hydrogen) atoms. The number of carbonyl (C=O) groups is 3. The van der Waals surface area contributed by atoms with E-state index >= 15 is 0 Å². The van der Waals surface area contributed by atoms with Crippen molar-refractivity contribution in [1.29, 1.82) is 0 Å². The molecule has 0 aromatic heterocycles. The van der Waals surface area contributed by atoms with Crippen LogP contribution in [0.5, 0.6) is 17.2 Å². The van der Waals surface area contributed by atoms with Gasteiger partial charge >= 0.3 is 6.03 Å². The molecule has 0 spiro atoms. The lowest BCUT2D eigenvalue weighted by atomic mass is 10.0. The number of fused-ring (bicyclic) bond motifs is 1. The van der Waals surface area contributed by atoms with Crippen LogP contribution in [0.3, 0.4) is 0 Å². The van der Waals surface area contributed by atoms with Crippen molar-refractivity contribution in [2.45, 2.75) is 51.4 Å². The SMILES string of the molecule is CC(C)NC(=O)c1ccc(NC(=O)N([C@@H]2CC[N+](C)(Cc3ccc4c(c3)OCO4)C2)[C@@H](Cc2ccc(O)cc2)C(N)=O)cc1. The van der Waals surface area contributed by atoms with Crippen LogP contribution in [-0.2, 0) is 17.8 Å². The molecule has 2 aliphatic heterocycles. The van der Waals surface area contributed by atoms with E-state index in [1.54, 1.807) is 53.4 Å². The fourth-order valence-corrected chi connectivity index (χ4v) is 5.99. The van der Waals surface area contributed by atoms with Crippen LogP contribution in [0, 0.1) is 0 Å². The third-order valence-corrected chi connectivity index (χ3v) is 8.13. The number of likely N-dealkylation sites (tertiary alicyclic amines) is 1. The zero-order valence-electron chi connectivity index (χ0n) is 25.3. The number of ether oxygens (including phenoxy) is 2. The van der Waals surface area contributed by atoms with E-state index < -0.39 is 18.0 Å². The molecular weight excluding hydrogens is 562 g/mol. The average molecular weight is 603 g/mol. The smallest absolute Gasteiger partial charge is 0.323 e. The molecule has 1 unspecified atom stereocenters. The van der Waals surface area contributed by atoms with Crippen LogP contribution in [0.4, 0.5) is 10.5 Å². The van der Waals surface area contributed by atoms with Crippen molar-refractivity contribution < 1.29 is 33.4 Å². The third-order valence-electron chi connectivity index (χ3n) is 8.13. The first-order chi connectivity index (χ1) is 21.0. The Morgan fingerprint density at radius 3 is 2.36 bits per heavy atom. The quantitative estimate of drug-likeness (QED) is 0.261. The number of phenolic OH excluding ortho intramolecular Hbond substituents is 1. The van der Waals surface area contributed by atoms with Gasteiger partial charge in [0.05, 0.1) is 26.2 Å². The topological polar surface area (TPSA) is 143 Å². The Labute approximate surface area is 257 Å². The summed E-state index contributed by atoms with van der Waals surface area (Å²) < 4.78 is 11.7. The van der Waals surface area contributed by atoms with Gasteiger partial charge in [-0.2, -0.15) is 0 Å². The number of likely N-dealkylation sites (N-methyl/N-ethyl adjacent to an activating group) is 1. The number of nitrogens with one attached hydrogen (secondary N) is 2. The Bertz CT molecular complexity index is 1510. The Balaban J connectivity index is 1.38. The average Bonchev–Trinajstić information content (AvgIpc) is 3.60. The van der Waals surface area contributed by atoms with E-state index in [1.807, 2.05) is 32.0 Å². The molecule has 3 aromatic rings. The number of anilines is 1. The summed E-state index contributed by atoms with van der Waals surface area (Å²) in [4.78, 5) is 40.9. The molecule has 2 heterocycles. The van der Waals surface area contributed by atoms with Crippen LogP contribution in [-0.4, -0.2) is 77.4 Å². The van der Waals surface area contributed by atoms with E-state index in [9.17, 15) is 19.5 Å². The monoisotopic (exact) mass is 602 g/mol. The van der Waals surface area contributed by atoms with E-state index in [1.165, 1.54) is 0 Å². The number of amides is 4. The van der Waals surface area contributed by atoms with Gasteiger partial charge in [-0.1, -0.05) is 12.1 Å². The molecule has 2 aliphatic rings. The predicted octanol–water partition coefficient (Wildman–Crippen LogP) is 3.61. The molecule has 5 N–H and O–H groups in total. The summed E-state index contributed by atoms with van der Waals surface area (Å²) in [5, 5.41) is 15.5. The summed E-state index contributed by atoms with van der Waals surface area (Å²) >= 11 is 0. The van der Waals surface area contributed by atoms with Crippen molar-refractivity contribution in [2.75, 3.05) is 32.2 Å². The maximum atomic E-state index is 14.0. The summed E-state index contributed by atoms with van der Waals surface area (Å²) in [5.74, 6) is 0.738. The van der Waals surface area contributed by atoms with Gasteiger partial charge in [-0.15, -0.1) is 0 Å². The maximum Gasteiger partial charge on any atom is 0.323 e. The molecule has 3 atom stereocenters. The Morgan fingerprint density at radius 2 is 1.68 bits per heavy atom. The highest BCUT2D eigenvalue weighted by Gasteiger charge is 2.44. The molecular formula is C33H40N5O6+. The van der Waals surface area contributed by atoms with E-state index in [4.69, 9.17) is 15.2 Å². The van der Waals surface area contributed by atoms with Crippen molar-refractivity contribution in [1.82, 2.24) is 10.2 Å². The number of rotatable bonds is 10. The van der Waals surface area contributed by atoms with Crippen LogP contribution in [0.1, 0.15) is 41.8 Å². The zero-order chi connectivity index (χ0) is 31.4. The molecule has 0 saturated carbocycles. The fourth-order valence-electron chi connectivity index (χ4n) is 5.99. The number of nitrogens with two attached hydrogens (primary N) is 1. The lowest BCUT2D eigenvalue weighted by Crippen LogP contribution is -2.56. The van der Waals surface area contributed by atoms with E-state index in [0.29, 0.717) is 35.2 Å². The molecule has 0 radical (unpaired) electrons. The molecule has 1 fully saturated rings. The fraction of sp³-hybridized carbons (Fsp3) is 0.364. The minimum absolute atomic E-state index is 0.00436. The number of primary amides is 1. The number of hydrogen-bond donors (Lipinski definition) is 4. The highest BCUT2D eigenvalue weighted by atomic mass is 16.7. The lowest BCUT2D eigenvalue weighted by Gasteiger charge is -2.36. The van der Waals surface area contributed by atoms with Gasteiger partial charge in [0.25, 0.3) is 5.91 Å². The normalized spacial score (nSPS) is 19.4. The second-order valence-corrected chi connectivity index (χ2v) is 12.1. The van der Waals surface area contributed by atoms with Gasteiger partial charge in [-0.3, -0.25) is 9.59 Å². The third kappa shape index (κ3) is 7.23. The van der Waals surface area contributed by atoms with Crippen LogP contribution < -0.4 is 25.8 Å². The van der Waals surface area contributed by atoms with Crippen molar-refractivity contribution in [3.63, 3.8) is 0 Å². The molecule has 4 amide bonds. The number of nitrogens with zero attached hydrogens (tertiary/aromatic N) is 2. The zero-order valence-corrected chi connectivity index (χ0v) is 25.3. The first-order valence-corrected chi connectivity index (χ1v) is 14.8. The maximum absolute atomic E-state index is 14.0. The van der Waals surface area contributed by atoms with Crippen molar-refractivity contribution in [3.05, 3.63) is 83.4 Å². The Kier molecular flexibility index (Phi) is 8.96. The lowest BCUT2D eigenvalue weighted by molar-refractivity contribution is -0.911. The number of benzene rings is 3. The first-order valence-electron chi connectivity index (χ1n) is 14.8. The van der Waals surface area contributed by atoms with Gasteiger partial charge in [-0.25, -0.2) is 4.79 Å². The number of quaternary nitrogens is 1. The van der Waals surface area contributed by atoms with Crippen LogP contribution in [0.2, 0.25) is 0 Å². The molecule has 11 heteroatoms. The number of aromatic hydroxyl groups is 1. The van der Waals surface area contributed by atoms with Crippen LogP contribution in [0.25, 0.3) is 0 Å². The standard InChI is InChI=1S/C33H39N5O6/c1-21(2)35-32(41)24-7-9-25(10-8-24)36-33(42)37(28(31(34)40)16-22-4-11-27(39)12-5-22)26-14-15-38(3,19-26)18-23-6-13-29-30(17-23)44-20-43-29/h4-13,17,21,26,28H,14-16,18-20H2,1-3H3,(H4-,34,35,36,39,40,41,42)/p+1/t26-,28+,38?/m1/s1. The second-order valence-electron chi connectivity index (χ2n) is 12.1. The number of hydrogen-bond acceptors (Lipinski definition) is 6.